The first-order chi connectivity index (χ1) is 8.85. The van der Waals surface area contributed by atoms with Crippen LogP contribution in [0.25, 0.3) is 0 Å². The number of aromatic nitrogens is 1. The molecular weight excluding hydrogens is 358 g/mol. The van der Waals surface area contributed by atoms with Gasteiger partial charge in [0, 0.05) is 17.3 Å². The normalized spacial score (nSPS) is 24.4. The van der Waals surface area contributed by atoms with Gasteiger partial charge >= 0.3 is 0 Å². The summed E-state index contributed by atoms with van der Waals surface area (Å²) in [5, 5.41) is 0.479. The molecule has 2 rings (SSSR count). The van der Waals surface area contributed by atoms with E-state index < -0.39 is 10.1 Å². The van der Waals surface area contributed by atoms with Crippen LogP contribution >= 0.6 is 27.5 Å². The van der Waals surface area contributed by atoms with E-state index in [2.05, 4.69) is 20.9 Å². The summed E-state index contributed by atoms with van der Waals surface area (Å²) in [6.07, 6.45) is 2.37. The standard InChI is InChI=1S/C11H13BrClNO4S/c12-8-4-9(13)11(14-5-8)10-3-7(1-2-18-10)6-19(15,16)17/h4-5,7,10H,1-3,6H2,(H,15,16,17). The van der Waals surface area contributed by atoms with Gasteiger partial charge in [-0.1, -0.05) is 11.6 Å². The zero-order valence-electron chi connectivity index (χ0n) is 9.92. The first-order valence-electron chi connectivity index (χ1n) is 5.73. The van der Waals surface area contributed by atoms with Gasteiger partial charge in [-0.15, -0.1) is 0 Å². The zero-order chi connectivity index (χ0) is 14.0. The summed E-state index contributed by atoms with van der Waals surface area (Å²) in [7, 11) is -3.96. The summed E-state index contributed by atoms with van der Waals surface area (Å²) < 4.78 is 37.1. The van der Waals surface area contributed by atoms with Gasteiger partial charge in [0.25, 0.3) is 10.1 Å². The first kappa shape index (κ1) is 15.2. The maximum absolute atomic E-state index is 10.9. The molecule has 0 amide bonds. The molecule has 5 nitrogen and oxygen atoms in total. The van der Waals surface area contributed by atoms with E-state index in [1.54, 1.807) is 12.3 Å². The lowest BCUT2D eigenvalue weighted by atomic mass is 9.95. The van der Waals surface area contributed by atoms with Crippen molar-refractivity contribution in [3.63, 3.8) is 0 Å². The fourth-order valence-electron chi connectivity index (χ4n) is 2.17. The molecule has 0 radical (unpaired) electrons. The van der Waals surface area contributed by atoms with Crippen LogP contribution in [0.5, 0.6) is 0 Å². The van der Waals surface area contributed by atoms with Crippen LogP contribution < -0.4 is 0 Å². The minimum Gasteiger partial charge on any atom is -0.372 e. The molecule has 2 atom stereocenters. The van der Waals surface area contributed by atoms with Gasteiger partial charge in [0.1, 0.15) is 6.10 Å². The predicted octanol–water partition coefficient (Wildman–Crippen LogP) is 2.85. The summed E-state index contributed by atoms with van der Waals surface area (Å²) in [5.41, 5.74) is 0.602. The fraction of sp³-hybridized carbons (Fsp3) is 0.545. The number of hydrogen-bond acceptors (Lipinski definition) is 4. The van der Waals surface area contributed by atoms with Gasteiger partial charge in [0.15, 0.2) is 0 Å². The third kappa shape index (κ3) is 4.39. The van der Waals surface area contributed by atoms with Gasteiger partial charge in [-0.2, -0.15) is 8.42 Å². The van der Waals surface area contributed by atoms with E-state index in [4.69, 9.17) is 20.9 Å². The summed E-state index contributed by atoms with van der Waals surface area (Å²) in [5.74, 6) is -0.392. The van der Waals surface area contributed by atoms with E-state index >= 15 is 0 Å². The number of rotatable bonds is 3. The van der Waals surface area contributed by atoms with Crippen LogP contribution in [0.15, 0.2) is 16.7 Å². The van der Waals surface area contributed by atoms with E-state index in [1.807, 2.05) is 0 Å². The minimum atomic E-state index is -3.96. The van der Waals surface area contributed by atoms with Crippen LogP contribution in [-0.4, -0.2) is 30.3 Å². The van der Waals surface area contributed by atoms with E-state index in [0.29, 0.717) is 30.2 Å². The Morgan fingerprint density at radius 3 is 2.95 bits per heavy atom. The number of ether oxygens (including phenoxy) is 1. The second-order valence-electron chi connectivity index (χ2n) is 4.52. The molecule has 1 aliphatic rings. The molecule has 1 N–H and O–H groups in total. The SMILES string of the molecule is O=S(=O)(O)CC1CCOC(c2ncc(Br)cc2Cl)C1. The molecule has 1 aromatic rings. The maximum Gasteiger partial charge on any atom is 0.265 e. The molecule has 0 aliphatic carbocycles. The van der Waals surface area contributed by atoms with Gasteiger partial charge in [0.05, 0.1) is 16.5 Å². The lowest BCUT2D eigenvalue weighted by Gasteiger charge is -2.28. The third-order valence-electron chi connectivity index (χ3n) is 2.98. The Balaban J connectivity index is 2.12. The molecule has 19 heavy (non-hydrogen) atoms. The van der Waals surface area contributed by atoms with Crippen molar-refractivity contribution in [1.82, 2.24) is 4.98 Å². The van der Waals surface area contributed by atoms with Crippen molar-refractivity contribution in [3.8, 4) is 0 Å². The highest BCUT2D eigenvalue weighted by Crippen LogP contribution is 2.35. The number of hydrogen-bond donors (Lipinski definition) is 1. The second kappa shape index (κ2) is 6.05. The van der Waals surface area contributed by atoms with Crippen LogP contribution in [-0.2, 0) is 14.9 Å². The van der Waals surface area contributed by atoms with Crippen molar-refractivity contribution in [3.05, 3.63) is 27.5 Å². The Kier molecular flexibility index (Phi) is 4.84. The van der Waals surface area contributed by atoms with Crippen LogP contribution in [0.3, 0.4) is 0 Å². The molecule has 8 heteroatoms. The van der Waals surface area contributed by atoms with Crippen LogP contribution in [0.1, 0.15) is 24.6 Å². The Morgan fingerprint density at radius 2 is 2.32 bits per heavy atom. The number of nitrogens with zero attached hydrogens (tertiary/aromatic N) is 1. The maximum atomic E-state index is 10.9. The molecule has 1 aliphatic heterocycles. The Morgan fingerprint density at radius 1 is 1.58 bits per heavy atom. The Hall–Kier alpha value is -0.210. The van der Waals surface area contributed by atoms with Crippen molar-refractivity contribution in [2.75, 3.05) is 12.4 Å². The van der Waals surface area contributed by atoms with Crippen LogP contribution in [0.2, 0.25) is 5.02 Å². The second-order valence-corrected chi connectivity index (χ2v) is 7.34. The fourth-order valence-corrected chi connectivity index (χ4v) is 3.82. The van der Waals surface area contributed by atoms with Crippen molar-refractivity contribution >= 4 is 37.6 Å². The molecule has 2 unspecified atom stereocenters. The Labute approximate surface area is 125 Å². The van der Waals surface area contributed by atoms with Gasteiger partial charge in [-0.25, -0.2) is 0 Å². The molecule has 0 saturated carbocycles. The lowest BCUT2D eigenvalue weighted by molar-refractivity contribution is -0.00826. The Bertz CT molecular complexity index is 566. The van der Waals surface area contributed by atoms with Crippen molar-refractivity contribution < 1.29 is 17.7 Å². The molecular formula is C11H13BrClNO4S. The highest BCUT2D eigenvalue weighted by atomic mass is 79.9. The average molecular weight is 371 g/mol. The zero-order valence-corrected chi connectivity index (χ0v) is 13.1. The van der Waals surface area contributed by atoms with Gasteiger partial charge in [0.2, 0.25) is 0 Å². The summed E-state index contributed by atoms with van der Waals surface area (Å²) in [6.45, 7) is 0.429. The van der Waals surface area contributed by atoms with Gasteiger partial charge < -0.3 is 4.74 Å². The van der Waals surface area contributed by atoms with E-state index in [-0.39, 0.29) is 17.8 Å². The first-order valence-corrected chi connectivity index (χ1v) is 8.51. The molecule has 0 spiro atoms. The molecule has 106 valence electrons. The largest absolute Gasteiger partial charge is 0.372 e. The molecule has 1 fully saturated rings. The topological polar surface area (TPSA) is 76.5 Å². The number of pyridine rings is 1. The molecule has 0 aromatic carbocycles. The quantitative estimate of drug-likeness (QED) is 0.828. The molecule has 1 saturated heterocycles. The van der Waals surface area contributed by atoms with Crippen molar-refractivity contribution in [1.29, 1.82) is 0 Å². The highest BCUT2D eigenvalue weighted by molar-refractivity contribution is 9.10. The molecule has 0 bridgehead atoms. The summed E-state index contributed by atoms with van der Waals surface area (Å²) in [4.78, 5) is 4.22. The van der Waals surface area contributed by atoms with Crippen molar-refractivity contribution in [2.24, 2.45) is 5.92 Å². The summed E-state index contributed by atoms with van der Waals surface area (Å²) >= 11 is 9.38. The van der Waals surface area contributed by atoms with Crippen LogP contribution in [0, 0.1) is 5.92 Å². The van der Waals surface area contributed by atoms with Gasteiger partial charge in [-0.05, 0) is 40.8 Å². The van der Waals surface area contributed by atoms with Crippen molar-refractivity contribution in [2.45, 2.75) is 18.9 Å². The highest BCUT2D eigenvalue weighted by Gasteiger charge is 2.29. The molecule has 1 aromatic heterocycles. The van der Waals surface area contributed by atoms with E-state index in [1.165, 1.54) is 0 Å². The number of halogens is 2. The van der Waals surface area contributed by atoms with Crippen LogP contribution in [0.4, 0.5) is 0 Å². The minimum absolute atomic E-state index is 0.143. The lowest BCUT2D eigenvalue weighted by Crippen LogP contribution is -2.26. The average Bonchev–Trinajstić information content (AvgIpc) is 2.26. The smallest absolute Gasteiger partial charge is 0.265 e. The van der Waals surface area contributed by atoms with E-state index in [9.17, 15) is 8.42 Å². The van der Waals surface area contributed by atoms with Gasteiger partial charge in [-0.3, -0.25) is 9.54 Å². The van der Waals surface area contributed by atoms with E-state index in [0.717, 1.165) is 4.47 Å². The third-order valence-corrected chi connectivity index (χ3v) is 4.61. The monoisotopic (exact) mass is 369 g/mol. The summed E-state index contributed by atoms with van der Waals surface area (Å²) in [6, 6.07) is 1.72. The predicted molar refractivity (Wildman–Crippen MR) is 74.8 cm³/mol. The molecule has 2 heterocycles.